The minimum Gasteiger partial charge on any atom is -0.489 e. The molecule has 0 unspecified atom stereocenters. The second-order valence-electron chi connectivity index (χ2n) is 7.13. The lowest BCUT2D eigenvalue weighted by Gasteiger charge is -2.25. The van der Waals surface area contributed by atoms with E-state index in [1.807, 2.05) is 37.3 Å². The highest BCUT2D eigenvalue weighted by Crippen LogP contribution is 2.27. The summed E-state index contributed by atoms with van der Waals surface area (Å²) < 4.78 is 44.8. The van der Waals surface area contributed by atoms with E-state index in [0.29, 0.717) is 5.75 Å². The van der Waals surface area contributed by atoms with E-state index in [9.17, 15) is 27.9 Å². The van der Waals surface area contributed by atoms with Crippen molar-refractivity contribution in [1.82, 2.24) is 10.5 Å². The number of para-hydroxylation sites is 1. The number of rotatable bonds is 7. The molecule has 0 saturated heterocycles. The highest BCUT2D eigenvalue weighted by atomic mass is 19.4. The smallest absolute Gasteiger partial charge is 0.471 e. The maximum Gasteiger partial charge on any atom is 0.471 e. The minimum absolute atomic E-state index is 0.170. The molecule has 3 N–H and O–H groups in total. The van der Waals surface area contributed by atoms with Crippen molar-refractivity contribution in [3.05, 3.63) is 65.9 Å². The molecule has 2 aromatic carbocycles. The average molecular weight is 463 g/mol. The van der Waals surface area contributed by atoms with Crippen molar-refractivity contribution in [2.45, 2.75) is 25.8 Å². The Morgan fingerprint density at radius 1 is 1.15 bits per heavy atom. The molecule has 11 heteroatoms. The summed E-state index contributed by atoms with van der Waals surface area (Å²) in [6, 6.07) is 14.5. The Kier molecular flexibility index (Phi) is 7.14. The molecule has 1 atom stereocenters. The average Bonchev–Trinajstić information content (AvgIpc) is 2.79. The standard InChI is InChI=1S/C22H20F3N3O5/c1-13-10-14(17-4-2-3-5-18(17)26-13)12-33-16-8-6-15(7-9-16)28(21(31)22(23,24)25)11-19(29)20(30)27-32/h2-10,19,29,32H,11-12H2,1H3,(H,27,30)/t19-/m0/s1. The number of aliphatic hydroxyl groups is 1. The van der Waals surface area contributed by atoms with Crippen molar-refractivity contribution in [1.29, 1.82) is 0 Å². The van der Waals surface area contributed by atoms with Gasteiger partial charge in [-0.2, -0.15) is 13.2 Å². The Balaban J connectivity index is 1.79. The number of aliphatic hydroxyl groups excluding tert-OH is 1. The Hall–Kier alpha value is -3.70. The fourth-order valence-corrected chi connectivity index (χ4v) is 3.19. The van der Waals surface area contributed by atoms with Crippen molar-refractivity contribution >= 4 is 28.4 Å². The van der Waals surface area contributed by atoms with Crippen LogP contribution in [0.25, 0.3) is 10.9 Å². The molecule has 1 heterocycles. The summed E-state index contributed by atoms with van der Waals surface area (Å²) >= 11 is 0. The maximum absolute atomic E-state index is 13.0. The lowest BCUT2D eigenvalue weighted by molar-refractivity contribution is -0.170. The second-order valence-corrected chi connectivity index (χ2v) is 7.13. The number of aryl methyl sites for hydroxylation is 1. The fraction of sp³-hybridized carbons (Fsp3) is 0.227. The molecule has 3 aromatic rings. The molecule has 3 rings (SSSR count). The van der Waals surface area contributed by atoms with Crippen LogP contribution in [0.1, 0.15) is 11.3 Å². The van der Waals surface area contributed by atoms with Gasteiger partial charge in [0.2, 0.25) is 0 Å². The topological polar surface area (TPSA) is 112 Å². The van der Waals surface area contributed by atoms with Crippen LogP contribution in [-0.4, -0.2) is 45.9 Å². The number of halogens is 3. The maximum atomic E-state index is 13.0. The Bertz CT molecular complexity index is 1150. The van der Waals surface area contributed by atoms with Crippen LogP contribution < -0.4 is 15.1 Å². The molecular weight excluding hydrogens is 443 g/mol. The molecule has 33 heavy (non-hydrogen) atoms. The number of fused-ring (bicyclic) bond motifs is 1. The zero-order chi connectivity index (χ0) is 24.2. The Labute approximate surface area is 186 Å². The summed E-state index contributed by atoms with van der Waals surface area (Å²) in [4.78, 5) is 27.8. The van der Waals surface area contributed by atoms with E-state index < -0.39 is 30.6 Å². The predicted molar refractivity (Wildman–Crippen MR) is 112 cm³/mol. The monoisotopic (exact) mass is 463 g/mol. The minimum atomic E-state index is -5.25. The van der Waals surface area contributed by atoms with E-state index in [-0.39, 0.29) is 17.2 Å². The molecule has 0 saturated carbocycles. The number of amides is 2. The molecule has 8 nitrogen and oxygen atoms in total. The van der Waals surface area contributed by atoms with E-state index in [4.69, 9.17) is 9.94 Å². The summed E-state index contributed by atoms with van der Waals surface area (Å²) in [5.41, 5.74) is 3.38. The fourth-order valence-electron chi connectivity index (χ4n) is 3.19. The molecule has 1 aromatic heterocycles. The van der Waals surface area contributed by atoms with Crippen LogP contribution in [0.2, 0.25) is 0 Å². The van der Waals surface area contributed by atoms with Gasteiger partial charge in [0.25, 0.3) is 5.91 Å². The van der Waals surface area contributed by atoms with Crippen molar-refractivity contribution in [3.8, 4) is 5.75 Å². The van der Waals surface area contributed by atoms with E-state index in [1.54, 1.807) is 0 Å². The van der Waals surface area contributed by atoms with Crippen LogP contribution in [0.4, 0.5) is 18.9 Å². The third kappa shape index (κ3) is 5.76. The first-order valence-electron chi connectivity index (χ1n) is 9.69. The normalized spacial score (nSPS) is 12.3. The lowest BCUT2D eigenvalue weighted by Crippen LogP contribution is -2.48. The zero-order valence-electron chi connectivity index (χ0n) is 17.3. The van der Waals surface area contributed by atoms with Gasteiger partial charge in [0.15, 0.2) is 6.10 Å². The van der Waals surface area contributed by atoms with Crippen LogP contribution >= 0.6 is 0 Å². The molecule has 0 fully saturated rings. The first-order valence-corrected chi connectivity index (χ1v) is 9.69. The number of nitrogens with one attached hydrogen (secondary N) is 1. The van der Waals surface area contributed by atoms with Crippen molar-refractivity contribution in [3.63, 3.8) is 0 Å². The van der Waals surface area contributed by atoms with Gasteiger partial charge in [-0.15, -0.1) is 0 Å². The molecule has 0 aliphatic rings. The molecule has 0 aliphatic heterocycles. The summed E-state index contributed by atoms with van der Waals surface area (Å²) in [6.45, 7) is 0.999. The summed E-state index contributed by atoms with van der Waals surface area (Å²) in [5, 5.41) is 19.1. The molecular formula is C22H20F3N3O5. The van der Waals surface area contributed by atoms with Gasteiger partial charge in [0, 0.05) is 22.3 Å². The second kappa shape index (κ2) is 9.84. The van der Waals surface area contributed by atoms with Crippen LogP contribution in [0, 0.1) is 6.92 Å². The molecule has 0 spiro atoms. The van der Waals surface area contributed by atoms with Gasteiger partial charge in [-0.25, -0.2) is 5.48 Å². The summed E-state index contributed by atoms with van der Waals surface area (Å²) in [5.74, 6) is -3.31. The lowest BCUT2D eigenvalue weighted by atomic mass is 10.1. The SMILES string of the molecule is Cc1cc(COc2ccc(N(C[C@H](O)C(=O)NO)C(=O)C(F)(F)F)cc2)c2ccccc2n1. The number of hydrogen-bond acceptors (Lipinski definition) is 6. The Morgan fingerprint density at radius 2 is 1.82 bits per heavy atom. The van der Waals surface area contributed by atoms with Crippen molar-refractivity contribution in [2.75, 3.05) is 11.4 Å². The number of anilines is 1. The first-order chi connectivity index (χ1) is 15.6. The number of pyridine rings is 1. The predicted octanol–water partition coefficient (Wildman–Crippen LogP) is 2.88. The number of hydrogen-bond donors (Lipinski definition) is 3. The van der Waals surface area contributed by atoms with Gasteiger partial charge in [-0.1, -0.05) is 18.2 Å². The third-order valence-electron chi connectivity index (χ3n) is 4.73. The van der Waals surface area contributed by atoms with Crippen LogP contribution in [0.3, 0.4) is 0 Å². The Morgan fingerprint density at radius 3 is 2.45 bits per heavy atom. The zero-order valence-corrected chi connectivity index (χ0v) is 17.3. The molecule has 2 amide bonds. The molecule has 174 valence electrons. The van der Waals surface area contributed by atoms with Gasteiger partial charge >= 0.3 is 12.1 Å². The highest BCUT2D eigenvalue weighted by molar-refractivity contribution is 5.98. The number of ether oxygens (including phenoxy) is 1. The number of carbonyl (C=O) groups excluding carboxylic acids is 2. The first kappa shape index (κ1) is 24.0. The van der Waals surface area contributed by atoms with E-state index >= 15 is 0 Å². The van der Waals surface area contributed by atoms with Crippen LogP contribution in [0.5, 0.6) is 5.75 Å². The van der Waals surface area contributed by atoms with E-state index in [1.165, 1.54) is 24.3 Å². The quantitative estimate of drug-likeness (QED) is 0.367. The van der Waals surface area contributed by atoms with Gasteiger partial charge in [-0.05, 0) is 43.3 Å². The van der Waals surface area contributed by atoms with Gasteiger partial charge in [0.1, 0.15) is 12.4 Å². The number of carbonyl (C=O) groups is 2. The van der Waals surface area contributed by atoms with Crippen molar-refractivity contribution in [2.24, 2.45) is 0 Å². The molecule has 0 aliphatic carbocycles. The van der Waals surface area contributed by atoms with E-state index in [2.05, 4.69) is 4.98 Å². The molecule has 0 bridgehead atoms. The van der Waals surface area contributed by atoms with Gasteiger partial charge in [0.05, 0.1) is 12.1 Å². The van der Waals surface area contributed by atoms with E-state index in [0.717, 1.165) is 27.6 Å². The number of alkyl halides is 3. The van der Waals surface area contributed by atoms with Gasteiger partial charge in [-0.3, -0.25) is 19.8 Å². The van der Waals surface area contributed by atoms with Crippen LogP contribution in [0.15, 0.2) is 54.6 Å². The largest absolute Gasteiger partial charge is 0.489 e. The highest BCUT2D eigenvalue weighted by Gasteiger charge is 2.44. The van der Waals surface area contributed by atoms with Gasteiger partial charge < -0.3 is 14.7 Å². The van der Waals surface area contributed by atoms with Crippen molar-refractivity contribution < 1.29 is 37.8 Å². The number of hydroxylamine groups is 1. The number of nitrogens with zero attached hydrogens (tertiary/aromatic N) is 2. The van der Waals surface area contributed by atoms with Crippen LogP contribution in [-0.2, 0) is 16.2 Å². The number of aromatic nitrogens is 1. The molecule has 0 radical (unpaired) electrons. The third-order valence-corrected chi connectivity index (χ3v) is 4.73. The summed E-state index contributed by atoms with van der Waals surface area (Å²) in [7, 11) is 0. The number of benzene rings is 2. The summed E-state index contributed by atoms with van der Waals surface area (Å²) in [6.07, 6.45) is -7.33.